The summed E-state index contributed by atoms with van der Waals surface area (Å²) in [7, 11) is 0. The Morgan fingerprint density at radius 3 is 2.64 bits per heavy atom. The third-order valence-corrected chi connectivity index (χ3v) is 5.27. The van der Waals surface area contributed by atoms with Crippen LogP contribution in [0.3, 0.4) is 0 Å². The van der Waals surface area contributed by atoms with Crippen LogP contribution in [0.25, 0.3) is 11.0 Å². The Morgan fingerprint density at radius 1 is 1.04 bits per heavy atom. The lowest BCUT2D eigenvalue weighted by Gasteiger charge is -2.26. The maximum Gasteiger partial charge on any atom is 0.151 e. The molecule has 2 aromatic rings. The van der Waals surface area contributed by atoms with Gasteiger partial charge in [0.2, 0.25) is 0 Å². The normalized spacial score (nSPS) is 15.9. The van der Waals surface area contributed by atoms with Crippen molar-refractivity contribution in [1.29, 1.82) is 0 Å². The Balaban J connectivity index is 1.44. The van der Waals surface area contributed by atoms with Crippen LogP contribution in [0.5, 0.6) is 0 Å². The summed E-state index contributed by atoms with van der Waals surface area (Å²) in [5.74, 6) is 1.45. The van der Waals surface area contributed by atoms with Crippen molar-refractivity contribution in [2.24, 2.45) is 0 Å². The maximum absolute atomic E-state index is 6.08. The van der Waals surface area contributed by atoms with Crippen LogP contribution < -0.4 is 5.73 Å². The number of nitrogen functional groups attached to an aromatic ring is 1. The Labute approximate surface area is 151 Å². The molecule has 0 unspecified atom stereocenters. The average Bonchev–Trinajstić information content (AvgIpc) is 3.03. The Morgan fingerprint density at radius 2 is 1.84 bits per heavy atom. The monoisotopic (exact) mass is 343 g/mol. The lowest BCUT2D eigenvalue weighted by molar-refractivity contribution is 0.224. The number of aromatic amines is 1. The highest BCUT2D eigenvalue weighted by Gasteiger charge is 2.11. The maximum atomic E-state index is 6.08. The number of nitrogens with one attached hydrogen (secondary N) is 1. The number of fused-ring (bicyclic) bond motifs is 1. The first-order valence-electron chi connectivity index (χ1n) is 10.1. The molecule has 0 spiro atoms. The molecule has 3 N–H and O–H groups in total. The molecule has 0 amide bonds. The van der Waals surface area contributed by atoms with Crippen molar-refractivity contribution in [1.82, 2.24) is 19.9 Å². The third-order valence-electron chi connectivity index (χ3n) is 5.27. The van der Waals surface area contributed by atoms with E-state index in [4.69, 9.17) is 10.7 Å². The number of unbranched alkanes of at least 4 members (excludes halogenated alkanes) is 3. The Hall–Kier alpha value is -1.62. The molecule has 3 rings (SSSR count). The number of anilines is 1. The molecule has 0 aliphatic carbocycles. The lowest BCUT2D eigenvalue weighted by atomic mass is 10.1. The molecule has 0 atom stereocenters. The van der Waals surface area contributed by atoms with Crippen LogP contribution in [0, 0.1) is 0 Å². The number of piperidine rings is 1. The van der Waals surface area contributed by atoms with Crippen molar-refractivity contribution in [3.8, 4) is 0 Å². The van der Waals surface area contributed by atoms with Crippen LogP contribution in [0.2, 0.25) is 0 Å². The quantitative estimate of drug-likeness (QED) is 0.673. The number of likely N-dealkylation sites (tertiary alicyclic amines) is 1. The van der Waals surface area contributed by atoms with Crippen molar-refractivity contribution in [2.45, 2.75) is 71.1 Å². The van der Waals surface area contributed by atoms with Crippen LogP contribution in [-0.2, 0) is 12.8 Å². The van der Waals surface area contributed by atoms with Gasteiger partial charge in [-0.1, -0.05) is 26.2 Å². The number of rotatable bonds is 9. The Kier molecular flexibility index (Phi) is 6.68. The molecule has 5 nitrogen and oxygen atoms in total. The van der Waals surface area contributed by atoms with Gasteiger partial charge in [0.1, 0.15) is 11.3 Å². The van der Waals surface area contributed by atoms with Gasteiger partial charge in [0.25, 0.3) is 0 Å². The van der Waals surface area contributed by atoms with Crippen LogP contribution >= 0.6 is 0 Å². The molecule has 3 heterocycles. The van der Waals surface area contributed by atoms with Gasteiger partial charge in [-0.25, -0.2) is 9.97 Å². The van der Waals surface area contributed by atoms with Gasteiger partial charge in [0.15, 0.2) is 5.82 Å². The summed E-state index contributed by atoms with van der Waals surface area (Å²) in [5, 5.41) is 0. The third kappa shape index (κ3) is 4.94. The fourth-order valence-corrected chi connectivity index (χ4v) is 3.84. The van der Waals surface area contributed by atoms with E-state index in [9.17, 15) is 0 Å². The van der Waals surface area contributed by atoms with Crippen molar-refractivity contribution in [3.05, 3.63) is 17.6 Å². The number of nitrogens with zero attached hydrogens (tertiary/aromatic N) is 3. The zero-order valence-corrected chi connectivity index (χ0v) is 15.7. The molecule has 5 heteroatoms. The van der Waals surface area contributed by atoms with Crippen LogP contribution in [-0.4, -0.2) is 39.5 Å². The minimum atomic E-state index is 0.584. The predicted octanol–water partition coefficient (Wildman–Crippen LogP) is 4.08. The van der Waals surface area contributed by atoms with Crippen molar-refractivity contribution in [2.75, 3.05) is 25.4 Å². The van der Waals surface area contributed by atoms with Gasteiger partial charge in [-0.05, 0) is 63.7 Å². The second-order valence-electron chi connectivity index (χ2n) is 7.38. The van der Waals surface area contributed by atoms with Crippen LogP contribution in [0.4, 0.5) is 5.82 Å². The first kappa shape index (κ1) is 18.2. The number of aryl methyl sites for hydroxylation is 2. The van der Waals surface area contributed by atoms with E-state index in [-0.39, 0.29) is 0 Å². The second kappa shape index (κ2) is 9.18. The molecule has 1 fully saturated rings. The van der Waals surface area contributed by atoms with Gasteiger partial charge in [0, 0.05) is 12.6 Å². The van der Waals surface area contributed by atoms with E-state index in [1.807, 2.05) is 0 Å². The first-order chi connectivity index (χ1) is 12.3. The van der Waals surface area contributed by atoms with Crippen molar-refractivity contribution >= 4 is 16.9 Å². The van der Waals surface area contributed by atoms with Crippen molar-refractivity contribution < 1.29 is 0 Å². The molecule has 0 bridgehead atoms. The van der Waals surface area contributed by atoms with Gasteiger partial charge < -0.3 is 15.6 Å². The number of H-pyrrole nitrogens is 1. The summed E-state index contributed by atoms with van der Waals surface area (Å²) < 4.78 is 0. The van der Waals surface area contributed by atoms with E-state index >= 15 is 0 Å². The van der Waals surface area contributed by atoms with E-state index in [1.54, 1.807) is 0 Å². The standard InChI is InChI=1S/C20H33N5/c1-2-10-17-23-18-16(15-22-19(18)20(21)24-17)11-6-3-4-7-12-25-13-8-5-9-14-25/h15,22H,2-14H2,1H3,(H2,21,23,24). The van der Waals surface area contributed by atoms with Crippen molar-refractivity contribution in [3.63, 3.8) is 0 Å². The fourth-order valence-electron chi connectivity index (χ4n) is 3.84. The molecule has 1 aliphatic heterocycles. The number of aromatic nitrogens is 3. The molecule has 0 aromatic carbocycles. The topological polar surface area (TPSA) is 70.8 Å². The highest BCUT2D eigenvalue weighted by atomic mass is 15.1. The van der Waals surface area contributed by atoms with E-state index in [0.717, 1.165) is 36.1 Å². The summed E-state index contributed by atoms with van der Waals surface area (Å²) >= 11 is 0. The smallest absolute Gasteiger partial charge is 0.151 e. The second-order valence-corrected chi connectivity index (χ2v) is 7.38. The molecule has 138 valence electrons. The minimum Gasteiger partial charge on any atom is -0.382 e. The van der Waals surface area contributed by atoms with Gasteiger partial charge in [-0.15, -0.1) is 0 Å². The highest BCUT2D eigenvalue weighted by molar-refractivity contribution is 5.87. The van der Waals surface area contributed by atoms with Crippen LogP contribution in [0.1, 0.15) is 69.7 Å². The van der Waals surface area contributed by atoms with Gasteiger partial charge in [0.05, 0.1) is 5.52 Å². The molecular weight excluding hydrogens is 310 g/mol. The molecule has 0 saturated carbocycles. The summed E-state index contributed by atoms with van der Waals surface area (Å²) in [5.41, 5.74) is 9.30. The zero-order valence-electron chi connectivity index (χ0n) is 15.7. The molecule has 0 radical (unpaired) electrons. The highest BCUT2D eigenvalue weighted by Crippen LogP contribution is 2.22. The van der Waals surface area contributed by atoms with Gasteiger partial charge in [-0.2, -0.15) is 0 Å². The summed E-state index contributed by atoms with van der Waals surface area (Å²) in [6.45, 7) is 6.07. The van der Waals surface area contributed by atoms with E-state index in [1.165, 1.54) is 70.1 Å². The minimum absolute atomic E-state index is 0.584. The summed E-state index contributed by atoms with van der Waals surface area (Å²) in [4.78, 5) is 15.0. The SMILES string of the molecule is CCCc1nc(N)c2[nH]cc(CCCCCCN3CCCCC3)c2n1. The van der Waals surface area contributed by atoms with Gasteiger partial charge >= 0.3 is 0 Å². The molecule has 25 heavy (non-hydrogen) atoms. The first-order valence-corrected chi connectivity index (χ1v) is 10.1. The molecular formula is C20H33N5. The lowest BCUT2D eigenvalue weighted by Crippen LogP contribution is -2.30. The number of hydrogen-bond donors (Lipinski definition) is 2. The fraction of sp³-hybridized carbons (Fsp3) is 0.700. The average molecular weight is 344 g/mol. The molecule has 1 saturated heterocycles. The van der Waals surface area contributed by atoms with E-state index < -0.39 is 0 Å². The number of nitrogens with two attached hydrogens (primary N) is 1. The predicted molar refractivity (Wildman–Crippen MR) is 105 cm³/mol. The molecule has 1 aliphatic rings. The summed E-state index contributed by atoms with van der Waals surface area (Å²) in [6, 6.07) is 0. The van der Waals surface area contributed by atoms with Gasteiger partial charge in [-0.3, -0.25) is 0 Å². The number of hydrogen-bond acceptors (Lipinski definition) is 4. The van der Waals surface area contributed by atoms with E-state index in [0.29, 0.717) is 5.82 Å². The largest absolute Gasteiger partial charge is 0.382 e. The summed E-state index contributed by atoms with van der Waals surface area (Å²) in [6.07, 6.45) is 14.5. The van der Waals surface area contributed by atoms with Crippen LogP contribution in [0.15, 0.2) is 6.20 Å². The zero-order chi connectivity index (χ0) is 17.5. The molecule has 2 aromatic heterocycles. The Bertz CT molecular complexity index is 657. The van der Waals surface area contributed by atoms with E-state index in [2.05, 4.69) is 28.0 Å².